The molecule has 1 aromatic carbocycles. The van der Waals surface area contributed by atoms with E-state index in [0.29, 0.717) is 0 Å². The first-order valence-electron chi connectivity index (χ1n) is 6.09. The number of para-hydroxylation sites is 1. The number of hydrogen-bond donors (Lipinski definition) is 2. The van der Waals surface area contributed by atoms with Crippen molar-refractivity contribution in [1.82, 2.24) is 4.98 Å². The Labute approximate surface area is 121 Å². The normalized spacial score (nSPS) is 11.4. The van der Waals surface area contributed by atoms with E-state index >= 15 is 0 Å². The Morgan fingerprint density at radius 1 is 1.21 bits per heavy atom. The van der Waals surface area contributed by atoms with Crippen LogP contribution in [0.4, 0.5) is 5.82 Å². The number of aromatic hydroxyl groups is 1. The Balaban J connectivity index is 2.33. The molecule has 0 atom stereocenters. The molecule has 0 saturated carbocycles. The predicted octanol–water partition coefficient (Wildman–Crippen LogP) is 4.21. The van der Waals surface area contributed by atoms with Gasteiger partial charge < -0.3 is 10.4 Å². The van der Waals surface area contributed by atoms with Gasteiger partial charge in [-0.15, -0.1) is 0 Å². The number of nitrogens with zero attached hydrogens (tertiary/aromatic N) is 1. The summed E-state index contributed by atoms with van der Waals surface area (Å²) < 4.78 is 0.795. The van der Waals surface area contributed by atoms with E-state index in [1.807, 2.05) is 51.1 Å². The second kappa shape index (κ2) is 5.21. The molecule has 100 valence electrons. The molecular weight excluding hydrogens is 304 g/mol. The Hall–Kier alpha value is -1.55. The molecule has 0 aliphatic carbocycles. The monoisotopic (exact) mass is 320 g/mol. The first-order chi connectivity index (χ1) is 8.88. The van der Waals surface area contributed by atoms with Gasteiger partial charge in [0.25, 0.3) is 0 Å². The summed E-state index contributed by atoms with van der Waals surface area (Å²) in [5.74, 6) is 1.06. The van der Waals surface area contributed by atoms with Crippen LogP contribution in [-0.4, -0.2) is 10.1 Å². The Morgan fingerprint density at radius 3 is 2.53 bits per heavy atom. The number of nitrogens with one attached hydrogen (secondary N) is 1. The van der Waals surface area contributed by atoms with Crippen LogP contribution < -0.4 is 5.32 Å². The zero-order valence-corrected chi connectivity index (χ0v) is 12.8. The third-order valence-electron chi connectivity index (χ3n) is 2.96. The number of aryl methyl sites for hydroxylation is 1. The Morgan fingerprint density at radius 2 is 1.89 bits per heavy atom. The van der Waals surface area contributed by atoms with Crippen LogP contribution in [0.2, 0.25) is 0 Å². The van der Waals surface area contributed by atoms with E-state index in [9.17, 15) is 5.11 Å². The number of rotatable bonds is 3. The fraction of sp³-hybridized carbons (Fsp3) is 0.267. The molecule has 2 aromatic rings. The standard InChI is InChI=1S/C15H17BrN2O/c1-10-8-13(16)17-14(9-10)18-15(2,3)11-6-4-5-7-12(11)19/h4-9,19H,1-3H3,(H,17,18). The fourth-order valence-electron chi connectivity index (χ4n) is 2.08. The zero-order chi connectivity index (χ0) is 14.0. The van der Waals surface area contributed by atoms with Crippen molar-refractivity contribution < 1.29 is 5.11 Å². The highest BCUT2D eigenvalue weighted by molar-refractivity contribution is 9.10. The molecule has 0 bridgehead atoms. The molecule has 2 rings (SSSR count). The van der Waals surface area contributed by atoms with Crippen molar-refractivity contribution in [2.75, 3.05) is 5.32 Å². The maximum atomic E-state index is 9.96. The molecule has 1 heterocycles. The van der Waals surface area contributed by atoms with E-state index < -0.39 is 5.54 Å². The van der Waals surface area contributed by atoms with Gasteiger partial charge in [-0.1, -0.05) is 18.2 Å². The summed E-state index contributed by atoms with van der Waals surface area (Å²) in [6, 6.07) is 11.3. The number of benzene rings is 1. The molecule has 0 aliphatic heterocycles. The molecule has 0 amide bonds. The summed E-state index contributed by atoms with van der Waals surface area (Å²) in [5.41, 5.74) is 1.55. The third kappa shape index (κ3) is 3.26. The van der Waals surface area contributed by atoms with Gasteiger partial charge in [0, 0.05) is 5.56 Å². The van der Waals surface area contributed by atoms with Gasteiger partial charge in [-0.05, 0) is 60.5 Å². The molecule has 19 heavy (non-hydrogen) atoms. The lowest BCUT2D eigenvalue weighted by atomic mass is 9.93. The number of aromatic nitrogens is 1. The summed E-state index contributed by atoms with van der Waals surface area (Å²) in [5, 5.41) is 13.3. The van der Waals surface area contributed by atoms with Gasteiger partial charge >= 0.3 is 0 Å². The highest BCUT2D eigenvalue weighted by Crippen LogP contribution is 2.31. The van der Waals surface area contributed by atoms with Crippen LogP contribution in [0.15, 0.2) is 41.0 Å². The van der Waals surface area contributed by atoms with E-state index in [2.05, 4.69) is 26.2 Å². The lowest BCUT2D eigenvalue weighted by Gasteiger charge is -2.28. The lowest BCUT2D eigenvalue weighted by molar-refractivity contribution is 0.449. The number of hydrogen-bond acceptors (Lipinski definition) is 3. The van der Waals surface area contributed by atoms with Gasteiger partial charge in [-0.25, -0.2) is 4.98 Å². The van der Waals surface area contributed by atoms with E-state index in [0.717, 1.165) is 21.5 Å². The van der Waals surface area contributed by atoms with E-state index in [4.69, 9.17) is 0 Å². The van der Waals surface area contributed by atoms with Crippen LogP contribution in [0.3, 0.4) is 0 Å². The van der Waals surface area contributed by atoms with Crippen molar-refractivity contribution in [3.63, 3.8) is 0 Å². The first kappa shape index (κ1) is 13.9. The highest BCUT2D eigenvalue weighted by atomic mass is 79.9. The second-order valence-corrected chi connectivity index (χ2v) is 5.93. The summed E-state index contributed by atoms with van der Waals surface area (Å²) in [6.07, 6.45) is 0. The number of phenols is 1. The van der Waals surface area contributed by atoms with Crippen molar-refractivity contribution in [1.29, 1.82) is 0 Å². The van der Waals surface area contributed by atoms with E-state index in [1.165, 1.54) is 0 Å². The third-order valence-corrected chi connectivity index (χ3v) is 3.36. The topological polar surface area (TPSA) is 45.2 Å². The molecule has 3 nitrogen and oxygen atoms in total. The van der Waals surface area contributed by atoms with Crippen LogP contribution in [0, 0.1) is 6.92 Å². The van der Waals surface area contributed by atoms with E-state index in [-0.39, 0.29) is 5.75 Å². The van der Waals surface area contributed by atoms with Gasteiger partial charge in [0.05, 0.1) is 5.54 Å². The number of pyridine rings is 1. The summed E-state index contributed by atoms with van der Waals surface area (Å²) >= 11 is 3.39. The van der Waals surface area contributed by atoms with Crippen molar-refractivity contribution in [3.8, 4) is 5.75 Å². The van der Waals surface area contributed by atoms with Gasteiger partial charge in [0.15, 0.2) is 0 Å². The average Bonchev–Trinajstić information content (AvgIpc) is 2.26. The van der Waals surface area contributed by atoms with Crippen LogP contribution >= 0.6 is 15.9 Å². The first-order valence-corrected chi connectivity index (χ1v) is 6.88. The molecule has 0 spiro atoms. The summed E-state index contributed by atoms with van der Waals surface area (Å²) in [7, 11) is 0. The van der Waals surface area contributed by atoms with Crippen molar-refractivity contribution in [3.05, 3.63) is 52.1 Å². The van der Waals surface area contributed by atoms with Gasteiger partial charge in [0.2, 0.25) is 0 Å². The van der Waals surface area contributed by atoms with Gasteiger partial charge in [-0.3, -0.25) is 0 Å². The van der Waals surface area contributed by atoms with Crippen LogP contribution in [-0.2, 0) is 5.54 Å². The smallest absolute Gasteiger partial charge is 0.128 e. The maximum Gasteiger partial charge on any atom is 0.128 e. The van der Waals surface area contributed by atoms with Crippen molar-refractivity contribution in [2.24, 2.45) is 0 Å². The molecular formula is C15H17BrN2O. The molecule has 0 saturated heterocycles. The quantitative estimate of drug-likeness (QED) is 0.833. The highest BCUT2D eigenvalue weighted by Gasteiger charge is 2.23. The minimum absolute atomic E-state index is 0.284. The minimum Gasteiger partial charge on any atom is -0.508 e. The summed E-state index contributed by atoms with van der Waals surface area (Å²) in [4.78, 5) is 4.40. The lowest BCUT2D eigenvalue weighted by Crippen LogP contribution is -2.28. The van der Waals surface area contributed by atoms with Crippen LogP contribution in [0.5, 0.6) is 5.75 Å². The van der Waals surface area contributed by atoms with Gasteiger partial charge in [-0.2, -0.15) is 0 Å². The van der Waals surface area contributed by atoms with Gasteiger partial charge in [0.1, 0.15) is 16.2 Å². The number of anilines is 1. The molecule has 2 N–H and O–H groups in total. The Bertz CT molecular complexity index is 576. The maximum absolute atomic E-state index is 9.96. The summed E-state index contributed by atoms with van der Waals surface area (Å²) in [6.45, 7) is 6.05. The second-order valence-electron chi connectivity index (χ2n) is 5.12. The molecule has 4 heteroatoms. The molecule has 0 aliphatic rings. The minimum atomic E-state index is -0.411. The zero-order valence-electron chi connectivity index (χ0n) is 11.2. The van der Waals surface area contributed by atoms with Crippen LogP contribution in [0.1, 0.15) is 25.0 Å². The number of phenolic OH excluding ortho intramolecular Hbond substituents is 1. The SMILES string of the molecule is Cc1cc(Br)nc(NC(C)(C)c2ccccc2O)c1. The fourth-order valence-corrected chi connectivity index (χ4v) is 2.63. The van der Waals surface area contributed by atoms with E-state index in [1.54, 1.807) is 6.07 Å². The molecule has 0 radical (unpaired) electrons. The van der Waals surface area contributed by atoms with Crippen molar-refractivity contribution in [2.45, 2.75) is 26.3 Å². The molecule has 1 aromatic heterocycles. The largest absolute Gasteiger partial charge is 0.508 e. The van der Waals surface area contributed by atoms with Crippen LogP contribution in [0.25, 0.3) is 0 Å². The number of halogens is 1. The predicted molar refractivity (Wildman–Crippen MR) is 81.4 cm³/mol. The Kier molecular flexibility index (Phi) is 3.80. The molecule has 0 unspecified atom stereocenters. The molecule has 0 fully saturated rings. The average molecular weight is 321 g/mol. The van der Waals surface area contributed by atoms with Crippen molar-refractivity contribution >= 4 is 21.7 Å².